The second-order valence-electron chi connectivity index (χ2n) is 13.4. The first kappa shape index (κ1) is 33.5. The molecule has 5 atom stereocenters. The van der Waals surface area contributed by atoms with Crippen molar-refractivity contribution in [2.45, 2.75) is 110 Å². The lowest BCUT2D eigenvalue weighted by Gasteiger charge is -2.38. The van der Waals surface area contributed by atoms with E-state index >= 15 is 0 Å². The van der Waals surface area contributed by atoms with Crippen LogP contribution in [0.15, 0.2) is 12.7 Å². The molecule has 2 aliphatic carbocycles. The summed E-state index contributed by atoms with van der Waals surface area (Å²) in [5, 5.41) is 7.78. The van der Waals surface area contributed by atoms with Crippen LogP contribution < -0.4 is 16.0 Å². The first-order chi connectivity index (χ1) is 19.4. The molecule has 0 aromatic heterocycles. The summed E-state index contributed by atoms with van der Waals surface area (Å²) in [7, 11) is 0. The van der Waals surface area contributed by atoms with Crippen molar-refractivity contribution in [3.05, 3.63) is 12.7 Å². The Morgan fingerprint density at radius 3 is 2.26 bits per heavy atom. The minimum absolute atomic E-state index is 0.00582. The molecule has 0 aromatic carbocycles. The van der Waals surface area contributed by atoms with Gasteiger partial charge in [0.05, 0.1) is 6.04 Å². The van der Waals surface area contributed by atoms with Crippen molar-refractivity contribution in [3.63, 3.8) is 0 Å². The van der Waals surface area contributed by atoms with Gasteiger partial charge in [0.2, 0.25) is 23.5 Å². The van der Waals surface area contributed by atoms with E-state index in [9.17, 15) is 32.8 Å². The fraction of sp³-hybridized carbons (Fsp3) is 0.767. The molecule has 3 N–H and O–H groups in total. The molecule has 1 saturated heterocycles. The topological polar surface area (TPSA) is 134 Å². The number of ketones is 1. The highest BCUT2D eigenvalue weighted by atomic mass is 19.3. The Kier molecular flexibility index (Phi) is 10.1. The molecule has 3 aliphatic rings. The summed E-state index contributed by atoms with van der Waals surface area (Å²) in [6.07, 6.45) is 0.564. The number of hydrogen-bond donors (Lipinski definition) is 3. The molecule has 0 radical (unpaired) electrons. The Bertz CT molecular complexity index is 1080. The molecular formula is C30H46F2N4O6. The number of piperidine rings is 1. The van der Waals surface area contributed by atoms with Crippen molar-refractivity contribution in [2.75, 3.05) is 13.1 Å². The zero-order valence-electron chi connectivity index (χ0n) is 25.6. The summed E-state index contributed by atoms with van der Waals surface area (Å²) in [4.78, 5) is 67.3. The van der Waals surface area contributed by atoms with E-state index in [2.05, 4.69) is 22.5 Å². The van der Waals surface area contributed by atoms with E-state index in [1.807, 2.05) is 20.8 Å². The molecule has 1 heterocycles. The van der Waals surface area contributed by atoms with E-state index in [1.54, 1.807) is 20.8 Å². The van der Waals surface area contributed by atoms with Crippen LogP contribution in [-0.2, 0) is 23.9 Å². The zero-order valence-corrected chi connectivity index (χ0v) is 25.6. The number of halogens is 2. The Hall–Kier alpha value is -3.05. The van der Waals surface area contributed by atoms with Crippen molar-refractivity contribution in [1.29, 1.82) is 0 Å². The molecule has 10 nitrogen and oxygen atoms in total. The number of amides is 4. The van der Waals surface area contributed by atoms with Gasteiger partial charge in [-0.3, -0.25) is 19.2 Å². The van der Waals surface area contributed by atoms with Crippen LogP contribution in [0.3, 0.4) is 0 Å². The summed E-state index contributed by atoms with van der Waals surface area (Å²) < 4.78 is 33.4. The van der Waals surface area contributed by atoms with Crippen LogP contribution in [0.1, 0.15) is 80.1 Å². The van der Waals surface area contributed by atoms with E-state index < -0.39 is 78.0 Å². The average Bonchev–Trinajstić information content (AvgIpc) is 3.21. The molecule has 0 spiro atoms. The van der Waals surface area contributed by atoms with Gasteiger partial charge < -0.3 is 25.6 Å². The van der Waals surface area contributed by atoms with Gasteiger partial charge in [0.15, 0.2) is 0 Å². The molecule has 3 rings (SSSR count). The molecule has 236 valence electrons. The second-order valence-corrected chi connectivity index (χ2v) is 13.4. The first-order valence-electron chi connectivity index (χ1n) is 14.8. The standard InChI is InChI=1S/C30H46F2N4O6/c1-8-10-19(23(37)25(39)33-15-9-2)34-24(38)22-20-18(29(20,6)7)16-36(22)26(40)21(35-27(41)42-28(3,4)5)17-11-13-30(31,32)14-12-17/h9,17-22H,2,8,10-16H2,1,3-7H3,(H,33,39)(H,34,38)(H,35,41)/t18?,19-,20?,21?,22?/m0/s1. The van der Waals surface area contributed by atoms with Crippen LogP contribution in [0, 0.1) is 23.2 Å². The summed E-state index contributed by atoms with van der Waals surface area (Å²) in [6.45, 7) is 14.7. The van der Waals surface area contributed by atoms with Crippen LogP contribution in [0.5, 0.6) is 0 Å². The minimum atomic E-state index is -2.84. The Morgan fingerprint density at radius 1 is 1.10 bits per heavy atom. The number of ether oxygens (including phenoxy) is 1. The molecule has 0 bridgehead atoms. The van der Waals surface area contributed by atoms with Gasteiger partial charge >= 0.3 is 6.09 Å². The predicted octanol–water partition coefficient (Wildman–Crippen LogP) is 3.34. The van der Waals surface area contributed by atoms with Gasteiger partial charge in [-0.25, -0.2) is 13.6 Å². The number of rotatable bonds is 11. The number of nitrogens with zero attached hydrogens (tertiary/aromatic N) is 1. The van der Waals surface area contributed by atoms with Crippen LogP contribution in [0.2, 0.25) is 0 Å². The van der Waals surface area contributed by atoms with Gasteiger partial charge in [0, 0.05) is 25.9 Å². The van der Waals surface area contributed by atoms with E-state index in [-0.39, 0.29) is 49.6 Å². The lowest BCUT2D eigenvalue weighted by atomic mass is 9.81. The molecule has 12 heteroatoms. The number of alkyl carbamates (subject to hydrolysis) is 1. The van der Waals surface area contributed by atoms with Crippen molar-refractivity contribution in [3.8, 4) is 0 Å². The summed E-state index contributed by atoms with van der Waals surface area (Å²) in [6, 6.07) is -3.19. The second kappa shape index (κ2) is 12.7. The summed E-state index contributed by atoms with van der Waals surface area (Å²) in [5.74, 6) is -6.33. The third-order valence-electron chi connectivity index (χ3n) is 8.77. The Labute approximate surface area is 246 Å². The van der Waals surface area contributed by atoms with E-state index in [4.69, 9.17) is 4.74 Å². The smallest absolute Gasteiger partial charge is 0.408 e. The maximum atomic E-state index is 14.1. The Morgan fingerprint density at radius 2 is 1.71 bits per heavy atom. The largest absolute Gasteiger partial charge is 0.444 e. The maximum absolute atomic E-state index is 14.1. The fourth-order valence-corrected chi connectivity index (χ4v) is 6.43. The van der Waals surface area contributed by atoms with E-state index in [0.29, 0.717) is 6.42 Å². The summed E-state index contributed by atoms with van der Waals surface area (Å²) >= 11 is 0. The fourth-order valence-electron chi connectivity index (χ4n) is 6.43. The number of likely N-dealkylation sites (tertiary alicyclic amines) is 1. The van der Waals surface area contributed by atoms with Gasteiger partial charge in [-0.15, -0.1) is 6.58 Å². The lowest BCUT2D eigenvalue weighted by Crippen LogP contribution is -2.60. The molecule has 42 heavy (non-hydrogen) atoms. The van der Waals surface area contributed by atoms with Crippen LogP contribution in [-0.4, -0.2) is 77.2 Å². The van der Waals surface area contributed by atoms with Crippen LogP contribution in [0.4, 0.5) is 13.6 Å². The van der Waals surface area contributed by atoms with Gasteiger partial charge in [0.25, 0.3) is 5.91 Å². The number of hydrogen-bond acceptors (Lipinski definition) is 6. The molecule has 2 saturated carbocycles. The monoisotopic (exact) mass is 596 g/mol. The third kappa shape index (κ3) is 7.66. The number of nitrogens with one attached hydrogen (secondary N) is 3. The number of Topliss-reactive ketones (excluding diaryl/α,β-unsaturated/α-hetero) is 1. The molecule has 4 unspecified atom stereocenters. The van der Waals surface area contributed by atoms with Gasteiger partial charge in [-0.2, -0.15) is 0 Å². The van der Waals surface area contributed by atoms with Crippen molar-refractivity contribution >= 4 is 29.6 Å². The lowest BCUT2D eigenvalue weighted by molar-refractivity contribution is -0.145. The Balaban J connectivity index is 1.86. The van der Waals surface area contributed by atoms with Gasteiger partial charge in [0.1, 0.15) is 17.7 Å². The van der Waals surface area contributed by atoms with Crippen LogP contribution >= 0.6 is 0 Å². The number of carbonyl (C=O) groups is 5. The quantitative estimate of drug-likeness (QED) is 0.248. The number of fused-ring (bicyclic) bond motifs is 1. The predicted molar refractivity (Wildman–Crippen MR) is 151 cm³/mol. The maximum Gasteiger partial charge on any atom is 0.408 e. The summed E-state index contributed by atoms with van der Waals surface area (Å²) in [5.41, 5.74) is -1.09. The third-order valence-corrected chi connectivity index (χ3v) is 8.77. The number of alkyl halides is 2. The van der Waals surface area contributed by atoms with Crippen molar-refractivity contribution < 1.29 is 37.5 Å². The number of carbonyl (C=O) groups excluding carboxylic acids is 5. The molecular weight excluding hydrogens is 550 g/mol. The molecule has 3 fully saturated rings. The van der Waals surface area contributed by atoms with E-state index in [1.165, 1.54) is 11.0 Å². The van der Waals surface area contributed by atoms with Crippen molar-refractivity contribution in [1.82, 2.24) is 20.9 Å². The minimum Gasteiger partial charge on any atom is -0.444 e. The zero-order chi connectivity index (χ0) is 31.6. The average molecular weight is 597 g/mol. The van der Waals surface area contributed by atoms with Crippen LogP contribution in [0.25, 0.3) is 0 Å². The van der Waals surface area contributed by atoms with Gasteiger partial charge in [-0.05, 0) is 63.2 Å². The molecule has 4 amide bonds. The highest BCUT2D eigenvalue weighted by molar-refractivity contribution is 6.38. The highest BCUT2D eigenvalue weighted by Gasteiger charge is 2.69. The molecule has 0 aromatic rings. The highest BCUT2D eigenvalue weighted by Crippen LogP contribution is 2.65. The molecule has 1 aliphatic heterocycles. The van der Waals surface area contributed by atoms with Crippen molar-refractivity contribution in [2.24, 2.45) is 23.2 Å². The SMILES string of the molecule is C=CCNC(=O)C(=O)[C@H](CCC)NC(=O)C1C2C(CN1C(=O)C(NC(=O)OC(C)(C)C)C1CCC(F)(F)CC1)C2(C)C. The normalized spacial score (nSPS) is 25.8. The van der Waals surface area contributed by atoms with Gasteiger partial charge in [-0.1, -0.05) is 33.3 Å². The first-order valence-corrected chi connectivity index (χ1v) is 14.8. The van der Waals surface area contributed by atoms with E-state index in [0.717, 1.165) is 0 Å².